The predicted octanol–water partition coefficient (Wildman–Crippen LogP) is 1.85. The van der Waals surface area contributed by atoms with Crippen LogP contribution in [0.4, 0.5) is 4.39 Å². The number of alkyl halides is 1. The fraction of sp³-hybridized carbons (Fsp3) is 0.889. The number of hydrogen-bond donors (Lipinski definition) is 1. The highest BCUT2D eigenvalue weighted by Crippen LogP contribution is 2.46. The molecule has 2 nitrogen and oxygen atoms in total. The van der Waals surface area contributed by atoms with Gasteiger partial charge in [0.05, 0.1) is 5.92 Å². The molecule has 0 radical (unpaired) electrons. The second-order valence-electron chi connectivity index (χ2n) is 4.05. The minimum absolute atomic E-state index is 0.0462. The molecule has 4 atom stereocenters. The Bertz CT molecular complexity index is 191. The summed E-state index contributed by atoms with van der Waals surface area (Å²) in [6.45, 7) is 0. The Labute approximate surface area is 70.8 Å². The van der Waals surface area contributed by atoms with E-state index in [1.54, 1.807) is 0 Å². The van der Waals surface area contributed by atoms with Crippen molar-refractivity contribution in [3.63, 3.8) is 0 Å². The quantitative estimate of drug-likeness (QED) is 0.655. The number of rotatable bonds is 1. The van der Waals surface area contributed by atoms with Crippen LogP contribution in [-0.2, 0) is 4.79 Å². The lowest BCUT2D eigenvalue weighted by Crippen LogP contribution is -2.31. The molecule has 0 aromatic carbocycles. The molecule has 2 bridgehead atoms. The minimum atomic E-state index is -0.737. The van der Waals surface area contributed by atoms with Gasteiger partial charge in [-0.3, -0.25) is 4.79 Å². The SMILES string of the molecule is O=C(O)C1C[C@H]2CC[C@@H](C1)C2F. The van der Waals surface area contributed by atoms with E-state index >= 15 is 0 Å². The zero-order chi connectivity index (χ0) is 8.72. The van der Waals surface area contributed by atoms with Gasteiger partial charge in [-0.1, -0.05) is 0 Å². The maximum absolute atomic E-state index is 13.3. The van der Waals surface area contributed by atoms with Crippen molar-refractivity contribution in [2.45, 2.75) is 31.9 Å². The number of fused-ring (bicyclic) bond motifs is 2. The van der Waals surface area contributed by atoms with Gasteiger partial charge in [-0.25, -0.2) is 4.39 Å². The van der Waals surface area contributed by atoms with Gasteiger partial charge >= 0.3 is 5.97 Å². The fourth-order valence-electron chi connectivity index (χ4n) is 2.66. The molecule has 1 N–H and O–H groups in total. The molecule has 2 aliphatic carbocycles. The maximum Gasteiger partial charge on any atom is 0.306 e. The zero-order valence-electron chi connectivity index (χ0n) is 6.87. The molecule has 0 heterocycles. The summed E-state index contributed by atoms with van der Waals surface area (Å²) < 4.78 is 13.3. The van der Waals surface area contributed by atoms with Crippen LogP contribution in [0.2, 0.25) is 0 Å². The number of halogens is 1. The predicted molar refractivity (Wildman–Crippen MR) is 41.5 cm³/mol. The minimum Gasteiger partial charge on any atom is -0.481 e. The highest BCUT2D eigenvalue weighted by Gasteiger charge is 2.44. The average Bonchev–Trinajstić information content (AvgIpc) is 2.30. The van der Waals surface area contributed by atoms with Gasteiger partial charge in [-0.15, -0.1) is 0 Å². The van der Waals surface area contributed by atoms with Gasteiger partial charge in [0.25, 0.3) is 0 Å². The third kappa shape index (κ3) is 1.11. The monoisotopic (exact) mass is 172 g/mol. The lowest BCUT2D eigenvalue weighted by atomic mass is 9.80. The average molecular weight is 172 g/mol. The van der Waals surface area contributed by atoms with Crippen LogP contribution >= 0.6 is 0 Å². The number of carboxylic acids is 1. The molecule has 2 rings (SSSR count). The highest BCUT2D eigenvalue weighted by molar-refractivity contribution is 5.70. The maximum atomic E-state index is 13.3. The summed E-state index contributed by atoms with van der Waals surface area (Å²) in [5.41, 5.74) is 0. The molecule has 0 aromatic rings. The highest BCUT2D eigenvalue weighted by atomic mass is 19.1. The molecule has 0 aromatic heterocycles. The van der Waals surface area contributed by atoms with Crippen molar-refractivity contribution in [1.82, 2.24) is 0 Å². The summed E-state index contributed by atoms with van der Waals surface area (Å²) in [4.78, 5) is 10.7. The summed E-state index contributed by atoms with van der Waals surface area (Å²) in [6, 6.07) is 0. The Morgan fingerprint density at radius 3 is 2.17 bits per heavy atom. The second-order valence-corrected chi connectivity index (χ2v) is 4.05. The lowest BCUT2D eigenvalue weighted by molar-refractivity contribution is -0.144. The van der Waals surface area contributed by atoms with E-state index < -0.39 is 12.1 Å². The van der Waals surface area contributed by atoms with Crippen molar-refractivity contribution in [3.8, 4) is 0 Å². The molecule has 2 fully saturated rings. The third-order valence-electron chi connectivity index (χ3n) is 3.33. The molecule has 0 amide bonds. The van der Waals surface area contributed by atoms with Crippen LogP contribution in [0.5, 0.6) is 0 Å². The Morgan fingerprint density at radius 2 is 1.75 bits per heavy atom. The summed E-state index contributed by atoms with van der Waals surface area (Å²) in [7, 11) is 0. The normalized spacial score (nSPS) is 46.1. The Hall–Kier alpha value is -0.600. The van der Waals surface area contributed by atoms with E-state index in [-0.39, 0.29) is 17.8 Å². The van der Waals surface area contributed by atoms with Gasteiger partial charge in [0.15, 0.2) is 0 Å². The van der Waals surface area contributed by atoms with E-state index in [1.807, 2.05) is 0 Å². The molecule has 68 valence electrons. The van der Waals surface area contributed by atoms with Crippen molar-refractivity contribution in [1.29, 1.82) is 0 Å². The Kier molecular flexibility index (Phi) is 1.81. The molecule has 0 spiro atoms. The van der Waals surface area contributed by atoms with Gasteiger partial charge in [-0.05, 0) is 37.5 Å². The fourth-order valence-corrected chi connectivity index (χ4v) is 2.66. The topological polar surface area (TPSA) is 37.3 Å². The Balaban J connectivity index is 2.07. The van der Waals surface area contributed by atoms with Crippen LogP contribution in [0.25, 0.3) is 0 Å². The van der Waals surface area contributed by atoms with Crippen LogP contribution in [0, 0.1) is 17.8 Å². The molecule has 2 saturated carbocycles. The summed E-state index contributed by atoms with van der Waals surface area (Å²) >= 11 is 0. The lowest BCUT2D eigenvalue weighted by Gasteiger charge is -2.27. The third-order valence-corrected chi connectivity index (χ3v) is 3.33. The van der Waals surface area contributed by atoms with E-state index in [0.29, 0.717) is 12.8 Å². The van der Waals surface area contributed by atoms with Crippen molar-refractivity contribution in [2.24, 2.45) is 17.8 Å². The van der Waals surface area contributed by atoms with Crippen LogP contribution in [0.1, 0.15) is 25.7 Å². The first-order valence-corrected chi connectivity index (χ1v) is 4.55. The summed E-state index contributed by atoms with van der Waals surface area (Å²) in [5.74, 6) is -0.914. The first-order chi connectivity index (χ1) is 5.68. The van der Waals surface area contributed by atoms with Crippen molar-refractivity contribution < 1.29 is 14.3 Å². The second kappa shape index (κ2) is 2.71. The molecule has 2 unspecified atom stereocenters. The molecule has 0 saturated heterocycles. The van der Waals surface area contributed by atoms with E-state index in [2.05, 4.69) is 0 Å². The standard InChI is InChI=1S/C9H13FO2/c10-8-5-1-2-6(8)4-7(3-5)9(11)12/h5-8H,1-4H2,(H,11,12)/t5-,6+,7?,8?. The van der Waals surface area contributed by atoms with Gasteiger partial charge < -0.3 is 5.11 Å². The van der Waals surface area contributed by atoms with Crippen LogP contribution in [0.15, 0.2) is 0 Å². The molecular formula is C9H13FO2. The van der Waals surface area contributed by atoms with Crippen LogP contribution < -0.4 is 0 Å². The van der Waals surface area contributed by atoms with E-state index in [1.165, 1.54) is 0 Å². The van der Waals surface area contributed by atoms with Crippen LogP contribution in [-0.4, -0.2) is 17.2 Å². The molecule has 0 aliphatic heterocycles. The zero-order valence-corrected chi connectivity index (χ0v) is 6.87. The molecule has 3 heteroatoms. The Morgan fingerprint density at radius 1 is 1.25 bits per heavy atom. The largest absolute Gasteiger partial charge is 0.481 e. The molecular weight excluding hydrogens is 159 g/mol. The molecule has 2 aliphatic rings. The van der Waals surface area contributed by atoms with Gasteiger partial charge in [-0.2, -0.15) is 0 Å². The van der Waals surface area contributed by atoms with E-state index in [4.69, 9.17) is 5.11 Å². The van der Waals surface area contributed by atoms with Gasteiger partial charge in [0.1, 0.15) is 6.17 Å². The van der Waals surface area contributed by atoms with Crippen molar-refractivity contribution in [3.05, 3.63) is 0 Å². The smallest absolute Gasteiger partial charge is 0.306 e. The van der Waals surface area contributed by atoms with E-state index in [9.17, 15) is 9.18 Å². The van der Waals surface area contributed by atoms with Gasteiger partial charge in [0.2, 0.25) is 0 Å². The van der Waals surface area contributed by atoms with E-state index in [0.717, 1.165) is 12.8 Å². The number of carbonyl (C=O) groups is 1. The first kappa shape index (κ1) is 8.02. The van der Waals surface area contributed by atoms with Crippen molar-refractivity contribution in [2.75, 3.05) is 0 Å². The van der Waals surface area contributed by atoms with Crippen molar-refractivity contribution >= 4 is 5.97 Å². The van der Waals surface area contributed by atoms with Crippen LogP contribution in [0.3, 0.4) is 0 Å². The number of aliphatic carboxylic acids is 1. The number of carboxylic acid groups (broad SMARTS) is 1. The summed E-state index contributed by atoms with van der Waals surface area (Å²) in [5, 5.41) is 8.77. The summed E-state index contributed by atoms with van der Waals surface area (Å²) in [6.07, 6.45) is 2.21. The first-order valence-electron chi connectivity index (χ1n) is 4.55. The molecule has 12 heavy (non-hydrogen) atoms. The van der Waals surface area contributed by atoms with Gasteiger partial charge in [0, 0.05) is 0 Å². The number of hydrogen-bond acceptors (Lipinski definition) is 1.